The van der Waals surface area contributed by atoms with Gasteiger partial charge in [-0.05, 0) is 135 Å². The van der Waals surface area contributed by atoms with Crippen molar-refractivity contribution in [3.8, 4) is 24.3 Å². The molecule has 13 heteroatoms. The van der Waals surface area contributed by atoms with Crippen molar-refractivity contribution in [3.63, 3.8) is 0 Å². The first kappa shape index (κ1) is 101. The molecule has 5 aromatic rings. The molecule has 2 unspecified atom stereocenters. The van der Waals surface area contributed by atoms with E-state index >= 15 is 0 Å². The van der Waals surface area contributed by atoms with Crippen LogP contribution in [0.3, 0.4) is 0 Å². The molecule has 0 heterocycles. The number of aldehydes is 3. The molecular formula is C96H122N4O7P2. The average molecular weight is 1510 g/mol. The molecule has 0 saturated carbocycles. The van der Waals surface area contributed by atoms with Crippen LogP contribution >= 0.6 is 14.7 Å². The lowest BCUT2D eigenvalue weighted by molar-refractivity contribution is -0.104. The number of hydrogen-bond donors (Lipinski definition) is 0. The van der Waals surface area contributed by atoms with Crippen molar-refractivity contribution in [3.05, 3.63) is 321 Å². The van der Waals surface area contributed by atoms with E-state index in [4.69, 9.17) is 30.1 Å². The monoisotopic (exact) mass is 1500 g/mol. The van der Waals surface area contributed by atoms with Crippen LogP contribution in [0.4, 0.5) is 0 Å². The molecule has 0 amide bonds. The molecule has 11 nitrogen and oxygen atoms in total. The van der Waals surface area contributed by atoms with Gasteiger partial charge in [0.05, 0.1) is 37.5 Å². The van der Waals surface area contributed by atoms with Crippen LogP contribution in [0.1, 0.15) is 171 Å². The molecule has 0 spiro atoms. The summed E-state index contributed by atoms with van der Waals surface area (Å²) >= 11 is 0. The largest absolute Gasteiger partial charge is 0.329 e. The SMILES string of the molecule is CC(/C=C/C=C(/C=C/c1ccccc1)C(C)(C)C)=C\C#N.CC(/C=C/C=C(/C=C/c1ccccc1)C(C)(C)C)=C\C=O.CC(C)(C)C(/C=C/c1ccccc1)=C/C#N.CC(C)(C)C(/C=C/c1ccccc1)=C/C=O.CCOP(C)(=O)C/C(=C/C#N)C(C)(C)C.CCOP(C)(=O)C/C(C)=C/C#N.O=Cc1ccccc1. The van der Waals surface area contributed by atoms with Crippen molar-refractivity contribution in [1.29, 1.82) is 21.0 Å². The first-order valence-corrected chi connectivity index (χ1v) is 40.8. The molecule has 5 aromatic carbocycles. The summed E-state index contributed by atoms with van der Waals surface area (Å²) in [5.74, 6) is 0. The molecular weight excluding hydrogens is 1380 g/mol. The van der Waals surface area contributed by atoms with Gasteiger partial charge in [-0.15, -0.1) is 0 Å². The van der Waals surface area contributed by atoms with Crippen molar-refractivity contribution >= 4 is 57.9 Å². The third-order valence-electron chi connectivity index (χ3n) is 15.1. The fraction of sp³-hybridized carbons (Fsp3) is 0.323. The fourth-order valence-corrected chi connectivity index (χ4v) is 12.4. The molecule has 0 aliphatic rings. The molecule has 2 atom stereocenters. The van der Waals surface area contributed by atoms with E-state index in [2.05, 4.69) is 150 Å². The lowest BCUT2D eigenvalue weighted by Gasteiger charge is -2.24. The van der Waals surface area contributed by atoms with Crippen LogP contribution in [-0.4, -0.2) is 57.7 Å². The normalized spacial score (nSPS) is 14.0. The number of nitriles is 4. The minimum Gasteiger partial charge on any atom is -0.329 e. The maximum atomic E-state index is 12.0. The maximum Gasteiger partial charge on any atom is 0.204 e. The molecule has 0 N–H and O–H groups in total. The first-order valence-electron chi connectivity index (χ1n) is 36.3. The van der Waals surface area contributed by atoms with E-state index in [0.29, 0.717) is 25.5 Å². The number of carbonyl (C=O) groups excluding carboxylic acids is 3. The second kappa shape index (κ2) is 55.2. The molecule has 109 heavy (non-hydrogen) atoms. The number of rotatable bonds is 23. The Kier molecular flexibility index (Phi) is 51.1. The van der Waals surface area contributed by atoms with Crippen LogP contribution in [0.5, 0.6) is 0 Å². The maximum absolute atomic E-state index is 12.0. The Labute approximate surface area is 657 Å². The Bertz CT molecular complexity index is 4250. The Morgan fingerprint density at radius 1 is 0.358 bits per heavy atom. The van der Waals surface area contributed by atoms with Gasteiger partial charge in [-0.25, -0.2) is 0 Å². The quantitative estimate of drug-likeness (QED) is 0.0198. The molecule has 578 valence electrons. The Hall–Kier alpha value is -10.2. The highest BCUT2D eigenvalue weighted by molar-refractivity contribution is 7.58. The zero-order chi connectivity index (χ0) is 83.0. The van der Waals surface area contributed by atoms with Crippen LogP contribution < -0.4 is 0 Å². The predicted molar refractivity (Wildman–Crippen MR) is 466 cm³/mol. The Balaban J connectivity index is 0. The predicted octanol–water partition coefficient (Wildman–Crippen LogP) is 26.5. The first-order chi connectivity index (χ1) is 51.1. The van der Waals surface area contributed by atoms with Gasteiger partial charge in [-0.3, -0.25) is 23.5 Å². The van der Waals surface area contributed by atoms with Gasteiger partial charge in [0.1, 0.15) is 18.9 Å². The minimum atomic E-state index is -2.59. The molecule has 0 fully saturated rings. The molecule has 5 rings (SSSR count). The molecule has 0 aliphatic carbocycles. The smallest absolute Gasteiger partial charge is 0.204 e. The van der Waals surface area contributed by atoms with E-state index in [1.807, 2.05) is 224 Å². The highest BCUT2D eigenvalue weighted by Crippen LogP contribution is 2.47. The van der Waals surface area contributed by atoms with E-state index in [0.717, 1.165) is 69.0 Å². The lowest BCUT2D eigenvalue weighted by Crippen LogP contribution is -2.13. The van der Waals surface area contributed by atoms with Gasteiger partial charge in [0, 0.05) is 55.5 Å². The number of benzene rings is 5. The van der Waals surface area contributed by atoms with Crippen LogP contribution in [-0.2, 0) is 27.8 Å². The zero-order valence-corrected chi connectivity index (χ0v) is 70.9. The van der Waals surface area contributed by atoms with Gasteiger partial charge in [0.15, 0.2) is 0 Å². The van der Waals surface area contributed by atoms with Crippen molar-refractivity contribution in [2.45, 2.75) is 138 Å². The Morgan fingerprint density at radius 3 is 0.927 bits per heavy atom. The number of hydrogen-bond acceptors (Lipinski definition) is 11. The lowest BCUT2D eigenvalue weighted by atomic mass is 9.85. The third-order valence-corrected chi connectivity index (χ3v) is 18.7. The standard InChI is InChI=1S/C20H23N.C20H24O.C15H17N.C15H18O.C11H20NO2P.C8H14NO2P.C7H6O/c2*1-17(15-16-21)9-8-12-19(20(2,3)4)14-13-18-10-6-5-7-11-18;2*1-15(2,3)14(11-12-16)10-9-13-7-5-4-6-8-13;1-6-14-15(5,13)9-10(7-8-12)11(2,3)4;1-4-11-12(3,10)7-8(2)5-6-9;8-6-7-4-2-1-3-5-7/h5-15H,1-4H3;5-16H,1-4H3;4-11H,1-3H3;4-12H,1-3H3;7H,6,9H2,1-5H3;5H,4,7H2,1-3H3;1-6H/b2*9-8+,14-13+,17-15+,19-12-;2*10-9+,14-11+;10-7-;8-5+;. The zero-order valence-electron chi connectivity index (χ0n) is 69.1. The summed E-state index contributed by atoms with van der Waals surface area (Å²) < 4.78 is 33.8. The summed E-state index contributed by atoms with van der Waals surface area (Å²) in [7, 11) is -5.09. The summed E-state index contributed by atoms with van der Waals surface area (Å²) in [4.78, 5) is 31.0. The van der Waals surface area contributed by atoms with E-state index in [-0.39, 0.29) is 27.1 Å². The molecule has 0 bridgehead atoms. The number of nitrogens with zero attached hydrogens (tertiary/aromatic N) is 4. The van der Waals surface area contributed by atoms with Crippen molar-refractivity contribution in [1.82, 2.24) is 0 Å². The summed E-state index contributed by atoms with van der Waals surface area (Å²) in [6, 6.07) is 57.8. The van der Waals surface area contributed by atoms with Gasteiger partial charge in [-0.1, -0.05) is 346 Å². The molecule has 0 aliphatic heterocycles. The highest BCUT2D eigenvalue weighted by Gasteiger charge is 2.25. The highest BCUT2D eigenvalue weighted by atomic mass is 31.2. The summed E-state index contributed by atoms with van der Waals surface area (Å²) in [5, 5.41) is 34.3. The van der Waals surface area contributed by atoms with Gasteiger partial charge in [-0.2, -0.15) is 21.0 Å². The van der Waals surface area contributed by atoms with Gasteiger partial charge < -0.3 is 9.05 Å². The summed E-state index contributed by atoms with van der Waals surface area (Å²) in [6.45, 7) is 45.1. The van der Waals surface area contributed by atoms with Crippen LogP contribution in [0, 0.1) is 72.4 Å². The van der Waals surface area contributed by atoms with Crippen molar-refractivity contribution < 1.29 is 32.6 Å². The topological polar surface area (TPSA) is 199 Å². The fourth-order valence-electron chi connectivity index (χ4n) is 8.91. The van der Waals surface area contributed by atoms with Gasteiger partial charge in [0.2, 0.25) is 14.7 Å². The van der Waals surface area contributed by atoms with Crippen molar-refractivity contribution in [2.24, 2.45) is 27.1 Å². The number of carbonyl (C=O) groups is 3. The van der Waals surface area contributed by atoms with E-state index in [1.54, 1.807) is 63.6 Å². The van der Waals surface area contributed by atoms with Crippen LogP contribution in [0.25, 0.3) is 24.3 Å². The number of allylic oxidation sites excluding steroid dienone is 24. The second-order valence-electron chi connectivity index (χ2n) is 30.4. The average Bonchev–Trinajstić information content (AvgIpc) is 0.881. The van der Waals surface area contributed by atoms with E-state index in [9.17, 15) is 23.5 Å². The van der Waals surface area contributed by atoms with Crippen LogP contribution in [0.2, 0.25) is 0 Å². The van der Waals surface area contributed by atoms with Crippen LogP contribution in [0.15, 0.2) is 293 Å². The summed E-state index contributed by atoms with van der Waals surface area (Å²) in [5.41, 5.74) is 13.5. The van der Waals surface area contributed by atoms with Gasteiger partial charge in [0.25, 0.3) is 0 Å². The van der Waals surface area contributed by atoms with E-state index in [1.165, 1.54) is 34.4 Å². The van der Waals surface area contributed by atoms with Crippen molar-refractivity contribution in [2.75, 3.05) is 38.9 Å². The minimum absolute atomic E-state index is 0.00100. The second-order valence-corrected chi connectivity index (χ2v) is 35.6. The van der Waals surface area contributed by atoms with Gasteiger partial charge >= 0.3 is 0 Å². The Morgan fingerprint density at radius 2 is 0.651 bits per heavy atom. The molecule has 0 saturated heterocycles. The summed E-state index contributed by atoms with van der Waals surface area (Å²) in [6.07, 6.45) is 41.2. The molecule has 0 aromatic heterocycles. The molecule has 0 radical (unpaired) electrons. The third kappa shape index (κ3) is 53.3. The van der Waals surface area contributed by atoms with E-state index < -0.39 is 14.7 Å².